The van der Waals surface area contributed by atoms with Gasteiger partial charge in [0.15, 0.2) is 5.65 Å². The molecule has 7 nitrogen and oxygen atoms in total. The van der Waals surface area contributed by atoms with Crippen LogP contribution in [0.15, 0.2) is 18.5 Å². The molecule has 0 saturated carbocycles. The Balaban J connectivity index is 1.62. The van der Waals surface area contributed by atoms with Gasteiger partial charge in [-0.15, -0.1) is 0 Å². The molecule has 0 spiro atoms. The van der Waals surface area contributed by atoms with Crippen LogP contribution in [0, 0.1) is 12.8 Å². The van der Waals surface area contributed by atoms with E-state index < -0.39 is 5.97 Å². The fourth-order valence-corrected chi connectivity index (χ4v) is 3.04. The molecule has 3 rings (SSSR count). The molecule has 0 radical (unpaired) electrons. The molecule has 7 heteroatoms. The van der Waals surface area contributed by atoms with Crippen LogP contribution in [0.25, 0.3) is 5.65 Å². The summed E-state index contributed by atoms with van der Waals surface area (Å²) in [4.78, 5) is 19.0. The summed E-state index contributed by atoms with van der Waals surface area (Å²) in [5.74, 6) is 0.213. The monoisotopic (exact) mass is 332 g/mol. The van der Waals surface area contributed by atoms with Crippen molar-refractivity contribution in [3.8, 4) is 0 Å². The van der Waals surface area contributed by atoms with E-state index in [0.29, 0.717) is 29.4 Å². The molecular formula is C17H24N4O3. The fourth-order valence-electron chi connectivity index (χ4n) is 3.04. The third-order valence-corrected chi connectivity index (χ3v) is 4.02. The lowest BCUT2D eigenvalue weighted by Gasteiger charge is -2.33. The predicted octanol–water partition coefficient (Wildman–Crippen LogP) is 1.55. The Bertz CT molecular complexity index is 713. The molecule has 1 aliphatic rings. The quantitative estimate of drug-likeness (QED) is 0.774. The number of hydrogen-bond acceptors (Lipinski definition) is 6. The van der Waals surface area contributed by atoms with Crippen molar-refractivity contribution < 1.29 is 14.3 Å². The predicted molar refractivity (Wildman–Crippen MR) is 89.0 cm³/mol. The first-order valence-corrected chi connectivity index (χ1v) is 8.35. The highest BCUT2D eigenvalue weighted by Crippen LogP contribution is 2.15. The molecule has 1 unspecified atom stereocenters. The van der Waals surface area contributed by atoms with E-state index in [0.717, 1.165) is 19.6 Å². The number of morpholine rings is 1. The van der Waals surface area contributed by atoms with Gasteiger partial charge >= 0.3 is 5.97 Å². The van der Waals surface area contributed by atoms with Gasteiger partial charge in [-0.05, 0) is 18.9 Å². The van der Waals surface area contributed by atoms with Gasteiger partial charge in [0.25, 0.3) is 0 Å². The number of carbonyl (C=O) groups is 1. The van der Waals surface area contributed by atoms with Gasteiger partial charge in [-0.25, -0.2) is 14.3 Å². The highest BCUT2D eigenvalue weighted by Gasteiger charge is 2.24. The Morgan fingerprint density at radius 2 is 2.33 bits per heavy atom. The molecule has 0 bridgehead atoms. The highest BCUT2D eigenvalue weighted by molar-refractivity contribution is 5.97. The molecular weight excluding hydrogens is 308 g/mol. The van der Waals surface area contributed by atoms with Gasteiger partial charge in [0, 0.05) is 32.0 Å². The maximum atomic E-state index is 12.5. The van der Waals surface area contributed by atoms with E-state index in [-0.39, 0.29) is 12.7 Å². The van der Waals surface area contributed by atoms with Crippen molar-refractivity contribution in [2.75, 3.05) is 32.8 Å². The summed E-state index contributed by atoms with van der Waals surface area (Å²) in [6.07, 6.45) is 3.32. The molecule has 0 amide bonds. The van der Waals surface area contributed by atoms with E-state index in [2.05, 4.69) is 28.8 Å². The maximum absolute atomic E-state index is 12.5. The van der Waals surface area contributed by atoms with Crippen LogP contribution in [0.2, 0.25) is 0 Å². The van der Waals surface area contributed by atoms with E-state index >= 15 is 0 Å². The molecule has 130 valence electrons. The van der Waals surface area contributed by atoms with Gasteiger partial charge in [0.05, 0.1) is 12.3 Å². The summed E-state index contributed by atoms with van der Waals surface area (Å²) in [6.45, 7) is 9.86. The van der Waals surface area contributed by atoms with Crippen molar-refractivity contribution >= 4 is 11.6 Å². The first-order chi connectivity index (χ1) is 11.5. The zero-order chi connectivity index (χ0) is 17.1. The second-order valence-electron chi connectivity index (χ2n) is 6.59. The lowest BCUT2D eigenvalue weighted by molar-refractivity contribution is -0.0612. The van der Waals surface area contributed by atoms with Crippen LogP contribution >= 0.6 is 0 Å². The second kappa shape index (κ2) is 7.27. The van der Waals surface area contributed by atoms with Crippen LogP contribution < -0.4 is 0 Å². The summed E-state index contributed by atoms with van der Waals surface area (Å²) in [5, 5.41) is 4.29. The lowest BCUT2D eigenvalue weighted by Crippen LogP contribution is -2.45. The Morgan fingerprint density at radius 3 is 3.12 bits per heavy atom. The van der Waals surface area contributed by atoms with Crippen LogP contribution in [-0.4, -0.2) is 64.4 Å². The van der Waals surface area contributed by atoms with E-state index in [1.165, 1.54) is 0 Å². The number of nitrogens with zero attached hydrogens (tertiary/aromatic N) is 4. The highest BCUT2D eigenvalue weighted by atomic mass is 16.6. The van der Waals surface area contributed by atoms with Crippen molar-refractivity contribution in [2.24, 2.45) is 5.92 Å². The smallest absolute Gasteiger partial charge is 0.344 e. The average molecular weight is 332 g/mol. The number of carbonyl (C=O) groups excluding carboxylic acids is 1. The van der Waals surface area contributed by atoms with Crippen LogP contribution in [0.5, 0.6) is 0 Å². The Hall–Kier alpha value is -1.99. The molecule has 1 aliphatic heterocycles. The molecule has 2 aromatic heterocycles. The van der Waals surface area contributed by atoms with Gasteiger partial charge in [0.2, 0.25) is 0 Å². The number of fused-ring (bicyclic) bond motifs is 1. The van der Waals surface area contributed by atoms with Crippen molar-refractivity contribution in [3.63, 3.8) is 0 Å². The molecule has 1 fully saturated rings. The molecule has 0 aromatic carbocycles. The van der Waals surface area contributed by atoms with Gasteiger partial charge in [-0.3, -0.25) is 4.90 Å². The number of hydrogen-bond donors (Lipinski definition) is 0. The number of rotatable bonds is 5. The normalized spacial score (nSPS) is 19.1. The largest absolute Gasteiger partial charge is 0.459 e. The van der Waals surface area contributed by atoms with Gasteiger partial charge in [-0.1, -0.05) is 13.8 Å². The lowest BCUT2D eigenvalue weighted by atomic mass is 10.2. The molecule has 24 heavy (non-hydrogen) atoms. The summed E-state index contributed by atoms with van der Waals surface area (Å²) >= 11 is 0. The minimum atomic E-state index is -0.397. The van der Waals surface area contributed by atoms with Gasteiger partial charge in [0.1, 0.15) is 18.3 Å². The summed E-state index contributed by atoms with van der Waals surface area (Å²) < 4.78 is 12.8. The Morgan fingerprint density at radius 1 is 1.50 bits per heavy atom. The zero-order valence-electron chi connectivity index (χ0n) is 14.4. The Labute approximate surface area is 141 Å². The average Bonchev–Trinajstić information content (AvgIpc) is 2.88. The van der Waals surface area contributed by atoms with Crippen LogP contribution in [-0.2, 0) is 9.47 Å². The summed E-state index contributed by atoms with van der Waals surface area (Å²) in [5.41, 5.74) is 1.56. The molecule has 1 atom stereocenters. The van der Waals surface area contributed by atoms with E-state index in [9.17, 15) is 4.79 Å². The van der Waals surface area contributed by atoms with E-state index in [1.807, 2.05) is 0 Å². The number of aromatic nitrogens is 3. The SMILES string of the molecule is Cc1nn2cccnc2c1C(=O)OCC1CN(CC(C)C)CCO1. The van der Waals surface area contributed by atoms with Crippen LogP contribution in [0.3, 0.4) is 0 Å². The fraction of sp³-hybridized carbons (Fsp3) is 0.588. The molecule has 1 saturated heterocycles. The third kappa shape index (κ3) is 3.73. The van der Waals surface area contributed by atoms with Gasteiger partial charge in [-0.2, -0.15) is 5.10 Å². The molecule has 0 N–H and O–H groups in total. The van der Waals surface area contributed by atoms with Crippen LogP contribution in [0.4, 0.5) is 0 Å². The maximum Gasteiger partial charge on any atom is 0.344 e. The standard InChI is InChI=1S/C17H24N4O3/c1-12(2)9-20-7-8-23-14(10-20)11-24-17(22)15-13(3)19-21-6-4-5-18-16(15)21/h4-6,12,14H,7-11H2,1-3H3. The second-order valence-corrected chi connectivity index (χ2v) is 6.59. The molecule has 2 aromatic rings. The van der Waals surface area contributed by atoms with Crippen LogP contribution in [0.1, 0.15) is 29.9 Å². The van der Waals surface area contributed by atoms with Crippen molar-refractivity contribution in [2.45, 2.75) is 26.9 Å². The van der Waals surface area contributed by atoms with E-state index in [1.54, 1.807) is 29.9 Å². The van der Waals surface area contributed by atoms with Gasteiger partial charge < -0.3 is 9.47 Å². The number of aryl methyl sites for hydroxylation is 1. The van der Waals surface area contributed by atoms with Crippen molar-refractivity contribution in [3.05, 3.63) is 29.7 Å². The first-order valence-electron chi connectivity index (χ1n) is 8.35. The molecule has 3 heterocycles. The number of ether oxygens (including phenoxy) is 2. The number of esters is 1. The third-order valence-electron chi connectivity index (χ3n) is 4.02. The topological polar surface area (TPSA) is 69.0 Å². The minimum Gasteiger partial charge on any atom is -0.459 e. The van der Waals surface area contributed by atoms with Crippen molar-refractivity contribution in [1.29, 1.82) is 0 Å². The zero-order valence-corrected chi connectivity index (χ0v) is 14.4. The van der Waals surface area contributed by atoms with E-state index in [4.69, 9.17) is 9.47 Å². The van der Waals surface area contributed by atoms with Crippen molar-refractivity contribution in [1.82, 2.24) is 19.5 Å². The first kappa shape index (κ1) is 16.9. The summed E-state index contributed by atoms with van der Waals surface area (Å²) in [6, 6.07) is 1.77. The minimum absolute atomic E-state index is 0.0865. The Kier molecular flexibility index (Phi) is 5.11. The summed E-state index contributed by atoms with van der Waals surface area (Å²) in [7, 11) is 0. The molecule has 0 aliphatic carbocycles.